The Morgan fingerprint density at radius 2 is 1.84 bits per heavy atom. The van der Waals surface area contributed by atoms with Gasteiger partial charge in [0.05, 0.1) is 13.2 Å². The Balaban J connectivity index is 1.41. The maximum absolute atomic E-state index is 5.53. The predicted molar refractivity (Wildman–Crippen MR) is 71.5 cm³/mol. The Morgan fingerprint density at radius 1 is 0.947 bits per heavy atom. The van der Waals surface area contributed by atoms with E-state index in [1.165, 1.54) is 6.42 Å². The molecule has 2 fully saturated rings. The average Bonchev–Trinajstić information content (AvgIpc) is 2.96. The molecule has 1 atom stereocenters. The summed E-state index contributed by atoms with van der Waals surface area (Å²) >= 11 is 0. The molecule has 2 rings (SSSR count). The van der Waals surface area contributed by atoms with Crippen molar-refractivity contribution in [1.29, 1.82) is 0 Å². The van der Waals surface area contributed by atoms with E-state index in [1.807, 2.05) is 0 Å². The summed E-state index contributed by atoms with van der Waals surface area (Å²) in [7, 11) is 0. The van der Waals surface area contributed by atoms with Crippen molar-refractivity contribution in [2.45, 2.75) is 57.5 Å². The Morgan fingerprint density at radius 3 is 2.63 bits per heavy atom. The Hall–Kier alpha value is -0.600. The molecular formula is C15H24O4. The minimum atomic E-state index is -0.0280. The van der Waals surface area contributed by atoms with Crippen LogP contribution in [0.3, 0.4) is 0 Å². The van der Waals surface area contributed by atoms with Crippen LogP contribution in [0.25, 0.3) is 0 Å². The van der Waals surface area contributed by atoms with E-state index >= 15 is 0 Å². The van der Waals surface area contributed by atoms with Crippen LogP contribution in [-0.2, 0) is 18.9 Å². The molecule has 0 amide bonds. The molecule has 0 aromatic carbocycles. The number of ether oxygens (including phenoxy) is 4. The SMILES string of the molecule is C(#CCOC1CCCCO1)CCCCC1OCCO1. The average molecular weight is 268 g/mol. The summed E-state index contributed by atoms with van der Waals surface area (Å²) in [4.78, 5) is 0. The van der Waals surface area contributed by atoms with Crippen LogP contribution >= 0.6 is 0 Å². The zero-order valence-corrected chi connectivity index (χ0v) is 11.6. The van der Waals surface area contributed by atoms with Crippen molar-refractivity contribution < 1.29 is 18.9 Å². The van der Waals surface area contributed by atoms with E-state index < -0.39 is 0 Å². The van der Waals surface area contributed by atoms with Gasteiger partial charge in [-0.15, -0.1) is 5.92 Å². The maximum Gasteiger partial charge on any atom is 0.158 e. The van der Waals surface area contributed by atoms with Gasteiger partial charge in [0.15, 0.2) is 12.6 Å². The van der Waals surface area contributed by atoms with Gasteiger partial charge in [0.1, 0.15) is 6.61 Å². The third-order valence-corrected chi connectivity index (χ3v) is 3.29. The quantitative estimate of drug-likeness (QED) is 0.548. The van der Waals surface area contributed by atoms with E-state index in [9.17, 15) is 0 Å². The fourth-order valence-electron chi connectivity index (χ4n) is 2.21. The molecule has 2 aliphatic heterocycles. The summed E-state index contributed by atoms with van der Waals surface area (Å²) in [6.07, 6.45) is 7.45. The third-order valence-electron chi connectivity index (χ3n) is 3.29. The number of hydrogen-bond donors (Lipinski definition) is 0. The summed E-state index contributed by atoms with van der Waals surface area (Å²) in [5, 5.41) is 0. The Labute approximate surface area is 115 Å². The highest BCUT2D eigenvalue weighted by Gasteiger charge is 2.14. The number of rotatable bonds is 6. The largest absolute Gasteiger partial charge is 0.353 e. The van der Waals surface area contributed by atoms with Crippen LogP contribution in [0.4, 0.5) is 0 Å². The summed E-state index contributed by atoms with van der Waals surface area (Å²) in [5.41, 5.74) is 0. The topological polar surface area (TPSA) is 36.9 Å². The van der Waals surface area contributed by atoms with Gasteiger partial charge in [-0.1, -0.05) is 5.92 Å². The highest BCUT2D eigenvalue weighted by Crippen LogP contribution is 2.13. The van der Waals surface area contributed by atoms with Crippen LogP contribution in [0.2, 0.25) is 0 Å². The van der Waals surface area contributed by atoms with Gasteiger partial charge in [0, 0.05) is 13.0 Å². The second-order valence-corrected chi connectivity index (χ2v) is 4.88. The smallest absolute Gasteiger partial charge is 0.158 e. The zero-order valence-electron chi connectivity index (χ0n) is 11.6. The van der Waals surface area contributed by atoms with Gasteiger partial charge in [0.2, 0.25) is 0 Å². The van der Waals surface area contributed by atoms with Gasteiger partial charge in [-0.2, -0.15) is 0 Å². The normalized spacial score (nSPS) is 24.1. The molecule has 2 aliphatic rings. The molecule has 19 heavy (non-hydrogen) atoms. The van der Waals surface area contributed by atoms with Gasteiger partial charge in [-0.05, 0) is 38.5 Å². The lowest BCUT2D eigenvalue weighted by atomic mass is 10.2. The van der Waals surface area contributed by atoms with E-state index in [2.05, 4.69) is 11.8 Å². The molecule has 108 valence electrons. The standard InChI is InChI=1S/C15H24O4/c1(2-4-8-15-18-12-13-19-15)3-6-10-16-14-9-5-7-11-17-14/h14-15H,1-2,4-5,7-13H2. The van der Waals surface area contributed by atoms with Gasteiger partial charge >= 0.3 is 0 Å². The Bertz CT molecular complexity index is 282. The van der Waals surface area contributed by atoms with E-state index in [4.69, 9.17) is 18.9 Å². The molecule has 0 spiro atoms. The van der Waals surface area contributed by atoms with Gasteiger partial charge in [0.25, 0.3) is 0 Å². The van der Waals surface area contributed by atoms with E-state index in [1.54, 1.807) is 0 Å². The van der Waals surface area contributed by atoms with Crippen LogP contribution < -0.4 is 0 Å². The van der Waals surface area contributed by atoms with Crippen molar-refractivity contribution in [2.75, 3.05) is 26.4 Å². The second-order valence-electron chi connectivity index (χ2n) is 4.88. The molecule has 4 heteroatoms. The lowest BCUT2D eigenvalue weighted by molar-refractivity contribution is -0.154. The zero-order chi connectivity index (χ0) is 13.2. The van der Waals surface area contributed by atoms with Crippen molar-refractivity contribution in [3.05, 3.63) is 0 Å². The van der Waals surface area contributed by atoms with Crippen molar-refractivity contribution in [2.24, 2.45) is 0 Å². The molecule has 0 bridgehead atoms. The third kappa shape index (κ3) is 6.40. The summed E-state index contributed by atoms with van der Waals surface area (Å²) in [5.74, 6) is 6.18. The second kappa shape index (κ2) is 9.33. The molecule has 2 saturated heterocycles. The lowest BCUT2D eigenvalue weighted by Crippen LogP contribution is -2.22. The Kier molecular flexibility index (Phi) is 7.27. The van der Waals surface area contributed by atoms with Crippen molar-refractivity contribution in [3.8, 4) is 11.8 Å². The molecule has 1 unspecified atom stereocenters. The summed E-state index contributed by atoms with van der Waals surface area (Å²) in [6.45, 7) is 2.79. The first-order valence-corrected chi connectivity index (χ1v) is 7.37. The van der Waals surface area contributed by atoms with E-state index in [-0.39, 0.29) is 12.6 Å². The van der Waals surface area contributed by atoms with Crippen LogP contribution in [-0.4, -0.2) is 39.0 Å². The highest BCUT2D eigenvalue weighted by atomic mass is 16.7. The van der Waals surface area contributed by atoms with Crippen molar-refractivity contribution in [3.63, 3.8) is 0 Å². The molecule has 0 aliphatic carbocycles. The number of hydrogen-bond acceptors (Lipinski definition) is 4. The van der Waals surface area contributed by atoms with E-state index in [0.29, 0.717) is 6.61 Å². The van der Waals surface area contributed by atoms with Crippen LogP contribution in [0.1, 0.15) is 44.9 Å². The summed E-state index contributed by atoms with van der Waals surface area (Å²) in [6, 6.07) is 0. The fourth-order valence-corrected chi connectivity index (χ4v) is 2.21. The first-order chi connectivity index (χ1) is 9.45. The first-order valence-electron chi connectivity index (χ1n) is 7.37. The maximum atomic E-state index is 5.53. The minimum absolute atomic E-state index is 0.0275. The van der Waals surface area contributed by atoms with Gasteiger partial charge in [-0.3, -0.25) is 0 Å². The molecule has 0 radical (unpaired) electrons. The van der Waals surface area contributed by atoms with Gasteiger partial charge in [-0.25, -0.2) is 0 Å². The molecule has 0 saturated carbocycles. The van der Waals surface area contributed by atoms with Crippen molar-refractivity contribution in [1.82, 2.24) is 0 Å². The molecular weight excluding hydrogens is 244 g/mol. The van der Waals surface area contributed by atoms with E-state index in [0.717, 1.165) is 58.3 Å². The summed E-state index contributed by atoms with van der Waals surface area (Å²) < 4.78 is 21.7. The predicted octanol–water partition coefficient (Wildman–Crippen LogP) is 2.47. The monoisotopic (exact) mass is 268 g/mol. The molecule has 4 nitrogen and oxygen atoms in total. The highest BCUT2D eigenvalue weighted by molar-refractivity contribution is 4.98. The van der Waals surface area contributed by atoms with Crippen LogP contribution in [0.15, 0.2) is 0 Å². The fraction of sp³-hybridized carbons (Fsp3) is 0.867. The first kappa shape index (κ1) is 14.8. The molecule has 0 aromatic rings. The number of unbranched alkanes of at least 4 members (excludes halogenated alkanes) is 2. The van der Waals surface area contributed by atoms with Crippen LogP contribution in [0.5, 0.6) is 0 Å². The lowest BCUT2D eigenvalue weighted by Gasteiger charge is -2.21. The molecule has 0 N–H and O–H groups in total. The molecule has 0 aromatic heterocycles. The van der Waals surface area contributed by atoms with Crippen LogP contribution in [0, 0.1) is 11.8 Å². The van der Waals surface area contributed by atoms with Gasteiger partial charge < -0.3 is 18.9 Å². The minimum Gasteiger partial charge on any atom is -0.353 e. The molecule has 2 heterocycles. The van der Waals surface area contributed by atoms with Crippen molar-refractivity contribution >= 4 is 0 Å².